The Balaban J connectivity index is 2.18. The Kier molecular flexibility index (Phi) is 3.92. The second-order valence-corrected chi connectivity index (χ2v) is 5.70. The monoisotopic (exact) mass is 311 g/mol. The van der Waals surface area contributed by atoms with E-state index in [1.165, 1.54) is 0 Å². The van der Waals surface area contributed by atoms with Gasteiger partial charge in [0.2, 0.25) is 0 Å². The van der Waals surface area contributed by atoms with Crippen molar-refractivity contribution in [3.05, 3.63) is 28.2 Å². The van der Waals surface area contributed by atoms with Gasteiger partial charge in [-0.25, -0.2) is 0 Å². The van der Waals surface area contributed by atoms with Crippen LogP contribution in [0, 0.1) is 0 Å². The summed E-state index contributed by atoms with van der Waals surface area (Å²) in [5.41, 5.74) is 7.07. The van der Waals surface area contributed by atoms with Crippen molar-refractivity contribution in [3.63, 3.8) is 0 Å². The molecule has 2 rings (SSSR count). The van der Waals surface area contributed by atoms with Crippen LogP contribution < -0.4 is 5.73 Å². The average molecular weight is 312 g/mol. The quantitative estimate of drug-likeness (QED) is 0.805. The second kappa shape index (κ2) is 5.28. The highest BCUT2D eigenvalue weighted by atomic mass is 79.9. The van der Waals surface area contributed by atoms with E-state index < -0.39 is 0 Å². The lowest BCUT2D eigenvalue weighted by Crippen LogP contribution is -2.52. The first-order valence-corrected chi connectivity index (χ1v) is 6.83. The van der Waals surface area contributed by atoms with Crippen LogP contribution in [0.5, 0.6) is 0 Å². The van der Waals surface area contributed by atoms with Crippen LogP contribution in [-0.2, 0) is 0 Å². The van der Waals surface area contributed by atoms with E-state index in [2.05, 4.69) is 34.8 Å². The molecule has 5 heteroatoms. The van der Waals surface area contributed by atoms with Gasteiger partial charge in [-0.2, -0.15) is 0 Å². The summed E-state index contributed by atoms with van der Waals surface area (Å²) in [5, 5.41) is 0. The first-order chi connectivity index (χ1) is 8.49. The fraction of sp³-hybridized carbons (Fsp3) is 0.462. The molecule has 4 nitrogen and oxygen atoms in total. The molecule has 2 N–H and O–H groups in total. The van der Waals surface area contributed by atoms with Gasteiger partial charge >= 0.3 is 0 Å². The molecule has 1 aromatic carbocycles. The number of rotatable bonds is 1. The molecule has 1 aliphatic heterocycles. The topological polar surface area (TPSA) is 49.6 Å². The van der Waals surface area contributed by atoms with Gasteiger partial charge in [0, 0.05) is 41.4 Å². The highest BCUT2D eigenvalue weighted by Gasteiger charge is 2.26. The molecular weight excluding hydrogens is 294 g/mol. The van der Waals surface area contributed by atoms with Crippen LogP contribution in [-0.4, -0.2) is 48.4 Å². The largest absolute Gasteiger partial charge is 0.398 e. The maximum Gasteiger partial charge on any atom is 0.254 e. The predicted octanol–water partition coefficient (Wildman–Crippen LogP) is 1.81. The van der Waals surface area contributed by atoms with Crippen molar-refractivity contribution in [2.24, 2.45) is 0 Å². The van der Waals surface area contributed by atoms with Gasteiger partial charge in [0.1, 0.15) is 0 Å². The highest BCUT2D eigenvalue weighted by molar-refractivity contribution is 9.10. The molecule has 1 unspecified atom stereocenters. The van der Waals surface area contributed by atoms with Crippen molar-refractivity contribution in [3.8, 4) is 0 Å². The van der Waals surface area contributed by atoms with Gasteiger partial charge in [-0.15, -0.1) is 0 Å². The van der Waals surface area contributed by atoms with E-state index >= 15 is 0 Å². The Morgan fingerprint density at radius 2 is 2.17 bits per heavy atom. The van der Waals surface area contributed by atoms with E-state index in [1.807, 2.05) is 4.90 Å². The number of piperazine rings is 1. The van der Waals surface area contributed by atoms with Crippen molar-refractivity contribution in [1.82, 2.24) is 9.80 Å². The van der Waals surface area contributed by atoms with Crippen molar-refractivity contribution in [2.45, 2.75) is 13.0 Å². The summed E-state index contributed by atoms with van der Waals surface area (Å²) in [6, 6.07) is 5.58. The van der Waals surface area contributed by atoms with Crippen LogP contribution in [0.2, 0.25) is 0 Å². The fourth-order valence-corrected chi connectivity index (χ4v) is 2.65. The molecule has 1 fully saturated rings. The first-order valence-electron chi connectivity index (χ1n) is 6.03. The lowest BCUT2D eigenvalue weighted by atomic mass is 10.1. The van der Waals surface area contributed by atoms with Gasteiger partial charge in [-0.3, -0.25) is 4.79 Å². The van der Waals surface area contributed by atoms with Crippen molar-refractivity contribution >= 4 is 27.5 Å². The van der Waals surface area contributed by atoms with Crippen molar-refractivity contribution in [2.75, 3.05) is 32.4 Å². The zero-order chi connectivity index (χ0) is 13.3. The lowest BCUT2D eigenvalue weighted by molar-refractivity contribution is 0.0533. The van der Waals surface area contributed by atoms with Gasteiger partial charge in [0.25, 0.3) is 5.91 Å². The molecule has 0 aromatic heterocycles. The number of carbonyl (C=O) groups excluding carboxylic acids is 1. The molecule has 1 aliphatic rings. The molecule has 1 amide bonds. The Hall–Kier alpha value is -1.07. The van der Waals surface area contributed by atoms with Crippen molar-refractivity contribution < 1.29 is 4.79 Å². The number of nitrogens with zero attached hydrogens (tertiary/aromatic N) is 2. The Bertz CT molecular complexity index is 464. The van der Waals surface area contributed by atoms with E-state index in [-0.39, 0.29) is 11.9 Å². The summed E-state index contributed by atoms with van der Waals surface area (Å²) < 4.78 is 0.773. The summed E-state index contributed by atoms with van der Waals surface area (Å²) in [6.07, 6.45) is 0. The molecular formula is C13H18BrN3O. The SMILES string of the molecule is CC1CN(C)CCN1C(=O)c1ccc(N)c(Br)c1. The summed E-state index contributed by atoms with van der Waals surface area (Å²) in [5.74, 6) is 0.0799. The Morgan fingerprint density at radius 1 is 1.44 bits per heavy atom. The van der Waals surface area contributed by atoms with Crippen LogP contribution in [0.4, 0.5) is 5.69 Å². The van der Waals surface area contributed by atoms with Gasteiger partial charge in [0.05, 0.1) is 0 Å². The minimum absolute atomic E-state index is 0.0799. The summed E-state index contributed by atoms with van der Waals surface area (Å²) in [7, 11) is 2.08. The van der Waals surface area contributed by atoms with Gasteiger partial charge in [0.15, 0.2) is 0 Å². The number of nitrogen functional groups attached to an aromatic ring is 1. The minimum Gasteiger partial charge on any atom is -0.398 e. The summed E-state index contributed by atoms with van der Waals surface area (Å²) in [6.45, 7) is 4.70. The number of amides is 1. The normalized spacial score (nSPS) is 21.1. The zero-order valence-corrected chi connectivity index (χ0v) is 12.3. The van der Waals surface area contributed by atoms with Crippen LogP contribution in [0.1, 0.15) is 17.3 Å². The smallest absolute Gasteiger partial charge is 0.254 e. The van der Waals surface area contributed by atoms with Gasteiger partial charge in [-0.05, 0) is 48.1 Å². The van der Waals surface area contributed by atoms with E-state index in [1.54, 1.807) is 18.2 Å². The zero-order valence-electron chi connectivity index (χ0n) is 10.7. The van der Waals surface area contributed by atoms with Crippen LogP contribution in [0.15, 0.2) is 22.7 Å². The molecule has 0 spiro atoms. The number of anilines is 1. The van der Waals surface area contributed by atoms with Crippen LogP contribution in [0.3, 0.4) is 0 Å². The first kappa shape index (κ1) is 13.4. The summed E-state index contributed by atoms with van der Waals surface area (Å²) >= 11 is 3.36. The molecule has 1 aromatic rings. The van der Waals surface area contributed by atoms with Gasteiger partial charge in [-0.1, -0.05) is 0 Å². The van der Waals surface area contributed by atoms with Crippen molar-refractivity contribution in [1.29, 1.82) is 0 Å². The fourth-order valence-electron chi connectivity index (χ4n) is 2.27. The number of halogens is 1. The molecule has 0 radical (unpaired) electrons. The molecule has 1 atom stereocenters. The molecule has 1 heterocycles. The number of likely N-dealkylation sites (N-methyl/N-ethyl adjacent to an activating group) is 1. The van der Waals surface area contributed by atoms with E-state index in [4.69, 9.17) is 5.73 Å². The van der Waals surface area contributed by atoms with Crippen LogP contribution >= 0.6 is 15.9 Å². The third-order valence-electron chi connectivity index (χ3n) is 3.34. The number of carbonyl (C=O) groups is 1. The predicted molar refractivity (Wildman–Crippen MR) is 76.5 cm³/mol. The van der Waals surface area contributed by atoms with E-state index in [0.29, 0.717) is 11.3 Å². The van der Waals surface area contributed by atoms with Gasteiger partial charge < -0.3 is 15.5 Å². The number of hydrogen-bond acceptors (Lipinski definition) is 3. The Labute approximate surface area is 116 Å². The minimum atomic E-state index is 0.0799. The third-order valence-corrected chi connectivity index (χ3v) is 4.03. The Morgan fingerprint density at radius 3 is 2.78 bits per heavy atom. The van der Waals surface area contributed by atoms with Crippen LogP contribution in [0.25, 0.3) is 0 Å². The van der Waals surface area contributed by atoms with E-state index in [0.717, 1.165) is 24.1 Å². The summed E-state index contributed by atoms with van der Waals surface area (Å²) in [4.78, 5) is 16.6. The molecule has 18 heavy (non-hydrogen) atoms. The lowest BCUT2D eigenvalue weighted by Gasteiger charge is -2.38. The second-order valence-electron chi connectivity index (χ2n) is 4.85. The number of benzene rings is 1. The van der Waals surface area contributed by atoms with E-state index in [9.17, 15) is 4.79 Å². The molecule has 0 saturated carbocycles. The average Bonchev–Trinajstić information content (AvgIpc) is 2.32. The maximum absolute atomic E-state index is 12.4. The molecule has 98 valence electrons. The highest BCUT2D eigenvalue weighted by Crippen LogP contribution is 2.22. The molecule has 1 saturated heterocycles. The number of nitrogens with two attached hydrogens (primary N) is 1. The molecule has 0 bridgehead atoms. The third kappa shape index (κ3) is 2.67. The maximum atomic E-state index is 12.4. The molecule has 0 aliphatic carbocycles. The standard InChI is InChI=1S/C13H18BrN3O/c1-9-8-16(2)5-6-17(9)13(18)10-3-4-12(15)11(14)7-10/h3-4,7,9H,5-6,8,15H2,1-2H3. The number of hydrogen-bond donors (Lipinski definition) is 1.